The molecule has 2 aromatic rings. The molecular formula is C15H17N3O2. The van der Waals surface area contributed by atoms with Crippen molar-refractivity contribution < 1.29 is 9.90 Å². The molecule has 1 aliphatic rings. The Kier molecular flexibility index (Phi) is 3.28. The highest BCUT2D eigenvalue weighted by Gasteiger charge is 2.30. The van der Waals surface area contributed by atoms with E-state index in [4.69, 9.17) is 0 Å². The van der Waals surface area contributed by atoms with E-state index in [0.29, 0.717) is 13.1 Å². The molecule has 1 aliphatic heterocycles. The first-order valence-electron chi connectivity index (χ1n) is 6.65. The zero-order valence-corrected chi connectivity index (χ0v) is 11.4. The van der Waals surface area contributed by atoms with E-state index in [2.05, 4.69) is 10.00 Å². The summed E-state index contributed by atoms with van der Waals surface area (Å²) in [6, 6.07) is 9.78. The topological polar surface area (TPSA) is 58.4 Å². The fraction of sp³-hybridized carbons (Fsp3) is 0.333. The van der Waals surface area contributed by atoms with Crippen molar-refractivity contribution in [1.82, 2.24) is 14.7 Å². The van der Waals surface area contributed by atoms with Gasteiger partial charge in [-0.15, -0.1) is 0 Å². The Hall–Kier alpha value is -2.14. The third kappa shape index (κ3) is 2.32. The summed E-state index contributed by atoms with van der Waals surface area (Å²) in [5, 5.41) is 13.6. The highest BCUT2D eigenvalue weighted by molar-refractivity contribution is 5.77. The van der Waals surface area contributed by atoms with Crippen molar-refractivity contribution in [3.63, 3.8) is 0 Å². The molecule has 0 radical (unpaired) electrons. The van der Waals surface area contributed by atoms with Crippen LogP contribution in [0.25, 0.3) is 0 Å². The van der Waals surface area contributed by atoms with Crippen LogP contribution in [0.4, 0.5) is 0 Å². The van der Waals surface area contributed by atoms with Crippen LogP contribution in [0.3, 0.4) is 0 Å². The molecule has 0 amide bonds. The molecule has 1 N–H and O–H groups in total. The molecule has 1 aromatic carbocycles. The van der Waals surface area contributed by atoms with Gasteiger partial charge in [-0.25, -0.2) is 0 Å². The van der Waals surface area contributed by atoms with E-state index >= 15 is 0 Å². The second kappa shape index (κ2) is 5.09. The van der Waals surface area contributed by atoms with Gasteiger partial charge in [-0.3, -0.25) is 14.4 Å². The summed E-state index contributed by atoms with van der Waals surface area (Å²) in [5.74, 6) is -1.21. The van der Waals surface area contributed by atoms with E-state index < -0.39 is 11.9 Å². The summed E-state index contributed by atoms with van der Waals surface area (Å²) >= 11 is 0. The third-order valence-electron chi connectivity index (χ3n) is 3.87. The van der Waals surface area contributed by atoms with Crippen molar-refractivity contribution in [2.45, 2.75) is 19.0 Å². The molecule has 1 aromatic heterocycles. The van der Waals surface area contributed by atoms with E-state index in [1.165, 1.54) is 0 Å². The first-order valence-corrected chi connectivity index (χ1v) is 6.65. The van der Waals surface area contributed by atoms with Crippen molar-refractivity contribution in [2.75, 3.05) is 6.54 Å². The lowest BCUT2D eigenvalue weighted by Crippen LogP contribution is -2.36. The van der Waals surface area contributed by atoms with Crippen LogP contribution in [0.5, 0.6) is 0 Å². The Morgan fingerprint density at radius 1 is 1.40 bits per heavy atom. The zero-order chi connectivity index (χ0) is 14.1. The van der Waals surface area contributed by atoms with Gasteiger partial charge in [0.05, 0.1) is 11.6 Å². The number of fused-ring (bicyclic) bond motifs is 1. The molecule has 0 spiro atoms. The van der Waals surface area contributed by atoms with Crippen LogP contribution in [0, 0.1) is 0 Å². The molecule has 104 valence electrons. The van der Waals surface area contributed by atoms with Crippen LogP contribution in [0.15, 0.2) is 36.5 Å². The van der Waals surface area contributed by atoms with Crippen LogP contribution < -0.4 is 0 Å². The van der Waals surface area contributed by atoms with E-state index in [0.717, 1.165) is 23.4 Å². The molecule has 0 aliphatic carbocycles. The summed E-state index contributed by atoms with van der Waals surface area (Å²) in [6.07, 6.45) is 1.77. The lowest BCUT2D eigenvalue weighted by Gasteiger charge is -2.32. The smallest absolute Gasteiger partial charge is 0.312 e. The van der Waals surface area contributed by atoms with Gasteiger partial charge in [-0.2, -0.15) is 5.10 Å². The average Bonchev–Trinajstić information content (AvgIpc) is 2.83. The van der Waals surface area contributed by atoms with Gasteiger partial charge in [0, 0.05) is 32.9 Å². The van der Waals surface area contributed by atoms with Gasteiger partial charge >= 0.3 is 5.97 Å². The summed E-state index contributed by atoms with van der Waals surface area (Å²) in [6.45, 7) is 2.04. The second-order valence-corrected chi connectivity index (χ2v) is 5.21. The number of aryl methyl sites for hydroxylation is 1. The first kappa shape index (κ1) is 12.9. The van der Waals surface area contributed by atoms with Gasteiger partial charge in [0.25, 0.3) is 0 Å². The van der Waals surface area contributed by atoms with Gasteiger partial charge in [-0.1, -0.05) is 24.3 Å². The molecule has 0 saturated heterocycles. The van der Waals surface area contributed by atoms with Crippen molar-refractivity contribution in [3.8, 4) is 0 Å². The number of benzene rings is 1. The van der Waals surface area contributed by atoms with Gasteiger partial charge < -0.3 is 5.11 Å². The van der Waals surface area contributed by atoms with Crippen molar-refractivity contribution in [2.24, 2.45) is 7.05 Å². The number of hydrogen-bond acceptors (Lipinski definition) is 3. The molecule has 1 unspecified atom stereocenters. The highest BCUT2D eigenvalue weighted by Crippen LogP contribution is 2.29. The highest BCUT2D eigenvalue weighted by atomic mass is 16.4. The number of carboxylic acid groups (broad SMARTS) is 1. The SMILES string of the molecule is Cn1nccc1CN1Cc2ccccc2C(C(=O)O)C1. The second-order valence-electron chi connectivity index (χ2n) is 5.21. The van der Waals surface area contributed by atoms with Crippen LogP contribution >= 0.6 is 0 Å². The fourth-order valence-corrected chi connectivity index (χ4v) is 2.80. The number of hydrogen-bond donors (Lipinski definition) is 1. The van der Waals surface area contributed by atoms with Crippen LogP contribution in [0.1, 0.15) is 22.7 Å². The Bertz CT molecular complexity index is 636. The van der Waals surface area contributed by atoms with E-state index in [9.17, 15) is 9.90 Å². The fourth-order valence-electron chi connectivity index (χ4n) is 2.80. The molecule has 20 heavy (non-hydrogen) atoms. The summed E-state index contributed by atoms with van der Waals surface area (Å²) in [5.41, 5.74) is 3.14. The molecule has 5 heteroatoms. The van der Waals surface area contributed by atoms with Crippen LogP contribution in [0.2, 0.25) is 0 Å². The Labute approximate surface area is 117 Å². The summed E-state index contributed by atoms with van der Waals surface area (Å²) in [4.78, 5) is 13.7. The molecule has 2 heterocycles. The molecule has 5 nitrogen and oxygen atoms in total. The number of aromatic nitrogens is 2. The normalized spacial score (nSPS) is 18.8. The predicted molar refractivity (Wildman–Crippen MR) is 74.1 cm³/mol. The standard InChI is InChI=1S/C15H17N3O2/c1-17-12(6-7-16-17)9-18-8-11-4-2-3-5-13(11)14(10-18)15(19)20/h2-7,14H,8-10H2,1H3,(H,19,20). The zero-order valence-electron chi connectivity index (χ0n) is 11.4. The van der Waals surface area contributed by atoms with Gasteiger partial charge in [-0.05, 0) is 17.2 Å². The number of aliphatic carboxylic acids is 1. The van der Waals surface area contributed by atoms with Crippen molar-refractivity contribution >= 4 is 5.97 Å². The maximum absolute atomic E-state index is 11.5. The minimum absolute atomic E-state index is 0.451. The van der Waals surface area contributed by atoms with Gasteiger partial charge in [0.15, 0.2) is 0 Å². The number of carbonyl (C=O) groups is 1. The van der Waals surface area contributed by atoms with E-state index in [1.807, 2.05) is 42.1 Å². The average molecular weight is 271 g/mol. The Morgan fingerprint density at radius 3 is 2.90 bits per heavy atom. The Morgan fingerprint density at radius 2 is 2.20 bits per heavy atom. The monoisotopic (exact) mass is 271 g/mol. The molecular weight excluding hydrogens is 254 g/mol. The van der Waals surface area contributed by atoms with E-state index in [1.54, 1.807) is 6.20 Å². The number of nitrogens with zero attached hydrogens (tertiary/aromatic N) is 3. The van der Waals surface area contributed by atoms with Crippen LogP contribution in [-0.4, -0.2) is 32.3 Å². The lowest BCUT2D eigenvalue weighted by atomic mass is 9.90. The largest absolute Gasteiger partial charge is 0.481 e. The third-order valence-corrected chi connectivity index (χ3v) is 3.87. The van der Waals surface area contributed by atoms with Crippen molar-refractivity contribution in [3.05, 3.63) is 53.3 Å². The molecule has 0 bridgehead atoms. The van der Waals surface area contributed by atoms with E-state index in [-0.39, 0.29) is 0 Å². The first-order chi connectivity index (χ1) is 9.65. The molecule has 0 saturated carbocycles. The summed E-state index contributed by atoms with van der Waals surface area (Å²) < 4.78 is 1.83. The molecule has 1 atom stereocenters. The maximum atomic E-state index is 11.5. The maximum Gasteiger partial charge on any atom is 0.312 e. The minimum atomic E-state index is -0.757. The van der Waals surface area contributed by atoms with Gasteiger partial charge in [0.2, 0.25) is 0 Å². The predicted octanol–water partition coefficient (Wildman–Crippen LogP) is 1.60. The van der Waals surface area contributed by atoms with Crippen molar-refractivity contribution in [1.29, 1.82) is 0 Å². The number of rotatable bonds is 3. The Balaban J connectivity index is 1.86. The quantitative estimate of drug-likeness (QED) is 0.921. The van der Waals surface area contributed by atoms with Gasteiger partial charge in [0.1, 0.15) is 0 Å². The summed E-state index contributed by atoms with van der Waals surface area (Å²) in [7, 11) is 1.90. The lowest BCUT2D eigenvalue weighted by molar-refractivity contribution is -0.139. The number of carboxylic acids is 1. The minimum Gasteiger partial charge on any atom is -0.481 e. The molecule has 0 fully saturated rings. The molecule has 3 rings (SSSR count). The van der Waals surface area contributed by atoms with Crippen LogP contribution in [-0.2, 0) is 24.9 Å².